The molecule has 0 aromatic carbocycles. The SMILES string of the molecule is CNC(=O)C(=O)NCCCCC=CCCCCCCCCCC(C)=O. The highest BCUT2D eigenvalue weighted by Crippen LogP contribution is 2.10. The van der Waals surface area contributed by atoms with Gasteiger partial charge in [-0.2, -0.15) is 0 Å². The van der Waals surface area contributed by atoms with Gasteiger partial charge in [0.1, 0.15) is 5.78 Å². The lowest BCUT2D eigenvalue weighted by molar-refractivity contribution is -0.138. The van der Waals surface area contributed by atoms with Crippen molar-refractivity contribution in [2.45, 2.75) is 84.0 Å². The summed E-state index contributed by atoms with van der Waals surface area (Å²) in [5, 5.41) is 4.89. The molecule has 5 nitrogen and oxygen atoms in total. The summed E-state index contributed by atoms with van der Waals surface area (Å²) in [5.74, 6) is -0.840. The predicted octanol–water partition coefficient (Wildman–Crippen LogP) is 3.68. The Morgan fingerprint density at radius 1 is 0.720 bits per heavy atom. The first-order valence-corrected chi connectivity index (χ1v) is 9.72. The number of rotatable bonds is 15. The van der Waals surface area contributed by atoms with Gasteiger partial charge in [0.25, 0.3) is 0 Å². The van der Waals surface area contributed by atoms with E-state index in [-0.39, 0.29) is 0 Å². The number of unbranched alkanes of at least 4 members (excludes halogenated alkanes) is 9. The van der Waals surface area contributed by atoms with Crippen molar-refractivity contribution in [2.75, 3.05) is 13.6 Å². The van der Waals surface area contributed by atoms with Gasteiger partial charge in [0.15, 0.2) is 0 Å². The Hall–Kier alpha value is -1.65. The van der Waals surface area contributed by atoms with E-state index < -0.39 is 11.8 Å². The number of likely N-dealkylation sites (N-methyl/N-ethyl adjacent to an activating group) is 1. The van der Waals surface area contributed by atoms with E-state index in [2.05, 4.69) is 22.8 Å². The molecule has 0 aliphatic rings. The Morgan fingerprint density at radius 3 is 1.80 bits per heavy atom. The van der Waals surface area contributed by atoms with E-state index in [1.807, 2.05) is 0 Å². The van der Waals surface area contributed by atoms with Crippen LogP contribution in [0.2, 0.25) is 0 Å². The summed E-state index contributed by atoms with van der Waals surface area (Å²) in [6.07, 6.45) is 17.8. The van der Waals surface area contributed by atoms with Gasteiger partial charge in [-0.05, 0) is 45.4 Å². The van der Waals surface area contributed by atoms with Crippen LogP contribution in [0.3, 0.4) is 0 Å². The van der Waals surface area contributed by atoms with Gasteiger partial charge in [0.2, 0.25) is 0 Å². The van der Waals surface area contributed by atoms with Crippen LogP contribution in [0.1, 0.15) is 84.0 Å². The summed E-state index contributed by atoms with van der Waals surface area (Å²) in [4.78, 5) is 33.0. The molecule has 144 valence electrons. The average Bonchev–Trinajstić information content (AvgIpc) is 2.60. The van der Waals surface area contributed by atoms with Gasteiger partial charge in [-0.3, -0.25) is 9.59 Å². The lowest BCUT2D eigenvalue weighted by Gasteiger charge is -2.02. The highest BCUT2D eigenvalue weighted by atomic mass is 16.2. The third-order valence-electron chi connectivity index (χ3n) is 4.08. The van der Waals surface area contributed by atoms with Crippen LogP contribution in [-0.2, 0) is 14.4 Å². The number of amides is 2. The number of Topliss-reactive ketones (excluding diaryl/α,β-unsaturated/α-hetero) is 1. The lowest BCUT2D eigenvalue weighted by Crippen LogP contribution is -2.38. The first-order valence-electron chi connectivity index (χ1n) is 9.72. The number of carbonyl (C=O) groups is 3. The molecule has 0 aliphatic heterocycles. The zero-order valence-electron chi connectivity index (χ0n) is 16.1. The molecule has 2 N–H and O–H groups in total. The Morgan fingerprint density at radius 2 is 1.24 bits per heavy atom. The van der Waals surface area contributed by atoms with Crippen molar-refractivity contribution in [3.8, 4) is 0 Å². The maximum Gasteiger partial charge on any atom is 0.309 e. The second-order valence-electron chi connectivity index (χ2n) is 6.52. The van der Waals surface area contributed by atoms with Crippen LogP contribution < -0.4 is 10.6 Å². The van der Waals surface area contributed by atoms with E-state index in [0.29, 0.717) is 12.3 Å². The maximum absolute atomic E-state index is 11.2. The van der Waals surface area contributed by atoms with E-state index in [1.54, 1.807) is 6.92 Å². The van der Waals surface area contributed by atoms with Crippen LogP contribution in [0.25, 0.3) is 0 Å². The van der Waals surface area contributed by atoms with Gasteiger partial charge in [-0.1, -0.05) is 44.3 Å². The smallest absolute Gasteiger partial charge is 0.309 e. The Labute approximate surface area is 153 Å². The largest absolute Gasteiger partial charge is 0.351 e. The fourth-order valence-electron chi connectivity index (χ4n) is 2.54. The number of hydrogen-bond acceptors (Lipinski definition) is 3. The molecule has 0 spiro atoms. The van der Waals surface area contributed by atoms with Crippen LogP contribution >= 0.6 is 0 Å². The Bertz CT molecular complexity index is 406. The summed E-state index contributed by atoms with van der Waals surface area (Å²) in [5.41, 5.74) is 0. The highest BCUT2D eigenvalue weighted by Gasteiger charge is 2.08. The molecule has 0 aliphatic carbocycles. The average molecular weight is 353 g/mol. The Kier molecular flexibility index (Phi) is 16.0. The van der Waals surface area contributed by atoms with Crippen molar-refractivity contribution in [2.24, 2.45) is 0 Å². The third-order valence-corrected chi connectivity index (χ3v) is 4.08. The summed E-state index contributed by atoms with van der Waals surface area (Å²) in [7, 11) is 1.45. The molecular formula is C20H36N2O3. The number of hydrogen-bond donors (Lipinski definition) is 2. The van der Waals surface area contributed by atoms with E-state index in [0.717, 1.165) is 38.5 Å². The highest BCUT2D eigenvalue weighted by molar-refractivity contribution is 6.34. The molecule has 25 heavy (non-hydrogen) atoms. The third kappa shape index (κ3) is 17.0. The van der Waals surface area contributed by atoms with E-state index in [1.165, 1.54) is 45.6 Å². The molecule has 0 bridgehead atoms. The molecule has 0 heterocycles. The minimum absolute atomic E-state index is 0.306. The fraction of sp³-hybridized carbons (Fsp3) is 0.750. The Balaban J connectivity index is 3.24. The van der Waals surface area contributed by atoms with Gasteiger partial charge in [-0.25, -0.2) is 0 Å². The first kappa shape index (κ1) is 23.4. The van der Waals surface area contributed by atoms with E-state index in [9.17, 15) is 14.4 Å². The molecule has 0 unspecified atom stereocenters. The molecule has 2 amide bonds. The monoisotopic (exact) mass is 352 g/mol. The summed E-state index contributed by atoms with van der Waals surface area (Å²) in [6.45, 7) is 2.21. The summed E-state index contributed by atoms with van der Waals surface area (Å²) in [6, 6.07) is 0. The second kappa shape index (κ2) is 17.2. The van der Waals surface area contributed by atoms with Crippen LogP contribution in [-0.4, -0.2) is 31.2 Å². The quantitative estimate of drug-likeness (QED) is 0.268. The van der Waals surface area contributed by atoms with Crippen LogP contribution in [0.15, 0.2) is 12.2 Å². The normalized spacial score (nSPS) is 10.8. The number of allylic oxidation sites excluding steroid dienone is 2. The van der Waals surface area contributed by atoms with Crippen molar-refractivity contribution in [3.05, 3.63) is 12.2 Å². The fourth-order valence-corrected chi connectivity index (χ4v) is 2.54. The molecule has 0 rings (SSSR count). The van der Waals surface area contributed by atoms with Crippen LogP contribution in [0.4, 0.5) is 0 Å². The van der Waals surface area contributed by atoms with Crippen molar-refractivity contribution < 1.29 is 14.4 Å². The lowest BCUT2D eigenvalue weighted by atomic mass is 10.1. The molecule has 0 atom stereocenters. The summed E-state index contributed by atoms with van der Waals surface area (Å²) >= 11 is 0. The minimum atomic E-state index is -0.587. The zero-order chi connectivity index (χ0) is 18.8. The molecule has 0 radical (unpaired) electrons. The number of nitrogens with one attached hydrogen (secondary N) is 2. The molecule has 0 aromatic rings. The van der Waals surface area contributed by atoms with Crippen LogP contribution in [0.5, 0.6) is 0 Å². The number of ketones is 1. The van der Waals surface area contributed by atoms with Crippen molar-refractivity contribution in [1.82, 2.24) is 10.6 Å². The predicted molar refractivity (Wildman–Crippen MR) is 102 cm³/mol. The van der Waals surface area contributed by atoms with Crippen molar-refractivity contribution in [1.29, 1.82) is 0 Å². The molecule has 0 fully saturated rings. The first-order chi connectivity index (χ1) is 12.1. The summed E-state index contributed by atoms with van der Waals surface area (Å²) < 4.78 is 0. The minimum Gasteiger partial charge on any atom is -0.351 e. The molecule has 0 saturated carbocycles. The van der Waals surface area contributed by atoms with Gasteiger partial charge in [0.05, 0.1) is 0 Å². The van der Waals surface area contributed by atoms with Gasteiger partial charge < -0.3 is 15.4 Å². The molecule has 0 aromatic heterocycles. The van der Waals surface area contributed by atoms with Crippen LogP contribution in [0, 0.1) is 0 Å². The van der Waals surface area contributed by atoms with Crippen molar-refractivity contribution >= 4 is 17.6 Å². The topological polar surface area (TPSA) is 75.3 Å². The van der Waals surface area contributed by atoms with Crippen molar-refractivity contribution in [3.63, 3.8) is 0 Å². The standard InChI is InChI=1S/C20H36N2O3/c1-18(23)16-14-12-10-8-6-4-3-5-7-9-11-13-15-17-22-20(25)19(24)21-2/h7,9H,3-6,8,10-17H2,1-2H3,(H,21,24)(H,22,25). The zero-order valence-corrected chi connectivity index (χ0v) is 16.1. The molecular weight excluding hydrogens is 316 g/mol. The molecule has 5 heteroatoms. The van der Waals surface area contributed by atoms with Gasteiger partial charge >= 0.3 is 11.8 Å². The maximum atomic E-state index is 11.2. The van der Waals surface area contributed by atoms with E-state index in [4.69, 9.17) is 0 Å². The van der Waals surface area contributed by atoms with Gasteiger partial charge in [-0.15, -0.1) is 0 Å². The van der Waals surface area contributed by atoms with Gasteiger partial charge in [0, 0.05) is 20.0 Å². The molecule has 0 saturated heterocycles. The van der Waals surface area contributed by atoms with E-state index >= 15 is 0 Å². The number of carbonyl (C=O) groups excluding carboxylic acids is 3. The second-order valence-corrected chi connectivity index (χ2v) is 6.52.